The number of rotatable bonds is 5. The van der Waals surface area contributed by atoms with E-state index in [-0.39, 0.29) is 0 Å². The number of aryl methyl sites for hydroxylation is 2. The number of hydrogen-bond donors (Lipinski definition) is 3. The van der Waals surface area contributed by atoms with E-state index >= 15 is 0 Å². The smallest absolute Gasteiger partial charge is 0.153 e. The first-order valence-corrected chi connectivity index (χ1v) is 13.0. The molecule has 1 atom stereocenters. The number of aromatic nitrogens is 7. The Kier molecular flexibility index (Phi) is 5.37. The maximum Gasteiger partial charge on any atom is 0.153 e. The van der Waals surface area contributed by atoms with Crippen LogP contribution >= 0.6 is 0 Å². The second kappa shape index (κ2) is 8.72. The number of nitrogen functional groups attached to an aromatic ring is 1. The maximum atomic E-state index is 11.7. The average molecular weight is 501 g/mol. The van der Waals surface area contributed by atoms with E-state index in [0.717, 1.165) is 52.2 Å². The van der Waals surface area contributed by atoms with Crippen LogP contribution in [0.2, 0.25) is 0 Å². The number of hydrogen-bond acceptors (Lipinski definition) is 8. The van der Waals surface area contributed by atoms with Crippen molar-refractivity contribution in [1.29, 1.82) is 0 Å². The van der Waals surface area contributed by atoms with E-state index in [1.807, 2.05) is 36.1 Å². The number of anilines is 4. The lowest BCUT2D eigenvalue weighted by Gasteiger charge is -2.12. The van der Waals surface area contributed by atoms with Gasteiger partial charge >= 0.3 is 0 Å². The van der Waals surface area contributed by atoms with Gasteiger partial charge in [0.2, 0.25) is 0 Å². The molecule has 1 aliphatic heterocycles. The highest BCUT2D eigenvalue weighted by atomic mass is 32.2. The van der Waals surface area contributed by atoms with E-state index < -0.39 is 11.0 Å². The van der Waals surface area contributed by atoms with Gasteiger partial charge in [0.15, 0.2) is 5.82 Å². The van der Waals surface area contributed by atoms with Crippen molar-refractivity contribution in [3.8, 4) is 11.3 Å². The largest absolute Gasteiger partial charge is 0.383 e. The number of nitrogens with one attached hydrogen (secondary N) is 2. The Morgan fingerprint density at radius 2 is 2.00 bits per heavy atom. The molecular weight excluding hydrogens is 476 g/mol. The summed E-state index contributed by atoms with van der Waals surface area (Å²) in [6.07, 6.45) is 11.4. The van der Waals surface area contributed by atoms with Gasteiger partial charge in [-0.25, -0.2) is 19.2 Å². The minimum absolute atomic E-state index is 0.377. The molecule has 4 N–H and O–H groups in total. The van der Waals surface area contributed by atoms with Crippen molar-refractivity contribution in [2.75, 3.05) is 22.0 Å². The summed E-state index contributed by atoms with van der Waals surface area (Å²) in [5.41, 5.74) is 10.5. The molecule has 0 saturated heterocycles. The highest BCUT2D eigenvalue weighted by Gasteiger charge is 2.17. The first-order valence-electron chi connectivity index (χ1n) is 11.4. The molecule has 1 unspecified atom stereocenters. The predicted molar refractivity (Wildman–Crippen MR) is 140 cm³/mol. The summed E-state index contributed by atoms with van der Waals surface area (Å²) in [4.78, 5) is 17.8. The minimum Gasteiger partial charge on any atom is -0.383 e. The Balaban J connectivity index is 1.32. The number of nitrogens with two attached hydrogens (primary N) is 1. The number of pyridine rings is 3. The fourth-order valence-corrected chi connectivity index (χ4v) is 4.99. The standard InChI is InChI=1S/C24H24N10OS/c1-14-17(10-26-12-20(14)32-36(2)35)19-7-15-8-21(28-11-18(15)24(25)29-19)30-22-9-16-3-5-33-6-4-27-23(33)13-34(16)31-22/h4,6-12,32H,3,5,13H2,1-2H3,(H2,25,29)(H,28,30,31). The van der Waals surface area contributed by atoms with Crippen LogP contribution in [0.1, 0.15) is 17.1 Å². The van der Waals surface area contributed by atoms with Gasteiger partial charge in [0, 0.05) is 66.7 Å². The predicted octanol–water partition coefficient (Wildman–Crippen LogP) is 3.03. The van der Waals surface area contributed by atoms with Crippen molar-refractivity contribution in [2.45, 2.75) is 26.4 Å². The molecule has 6 heterocycles. The third-order valence-corrected chi connectivity index (χ3v) is 6.82. The molecule has 36 heavy (non-hydrogen) atoms. The summed E-state index contributed by atoms with van der Waals surface area (Å²) < 4.78 is 18.7. The summed E-state index contributed by atoms with van der Waals surface area (Å²) in [6.45, 7) is 3.44. The quantitative estimate of drug-likeness (QED) is 0.334. The summed E-state index contributed by atoms with van der Waals surface area (Å²) in [5, 5.41) is 9.69. The molecule has 5 aromatic heterocycles. The van der Waals surface area contributed by atoms with E-state index in [9.17, 15) is 4.21 Å². The number of fused-ring (bicyclic) bond motifs is 3. The van der Waals surface area contributed by atoms with Crippen molar-refractivity contribution in [2.24, 2.45) is 0 Å². The van der Waals surface area contributed by atoms with Gasteiger partial charge in [0.25, 0.3) is 0 Å². The Bertz CT molecular complexity index is 1640. The topological polar surface area (TPSA) is 141 Å². The van der Waals surface area contributed by atoms with Crippen molar-refractivity contribution in [3.05, 3.63) is 66.3 Å². The molecule has 5 aromatic rings. The maximum absolute atomic E-state index is 11.7. The zero-order valence-corrected chi connectivity index (χ0v) is 20.6. The van der Waals surface area contributed by atoms with Gasteiger partial charge in [0.1, 0.15) is 28.4 Å². The number of nitrogens with zero attached hydrogens (tertiary/aromatic N) is 7. The van der Waals surface area contributed by atoms with Crippen LogP contribution < -0.4 is 15.8 Å². The van der Waals surface area contributed by atoms with Gasteiger partial charge in [-0.3, -0.25) is 9.67 Å². The van der Waals surface area contributed by atoms with E-state index in [0.29, 0.717) is 29.6 Å². The summed E-state index contributed by atoms with van der Waals surface area (Å²) in [7, 11) is -1.21. The molecule has 0 radical (unpaired) electrons. The molecule has 0 saturated carbocycles. The Morgan fingerprint density at radius 1 is 1.11 bits per heavy atom. The van der Waals surface area contributed by atoms with E-state index in [4.69, 9.17) is 10.8 Å². The molecule has 0 bridgehead atoms. The molecule has 0 aromatic carbocycles. The second-order valence-corrected chi connectivity index (χ2v) is 9.80. The van der Waals surface area contributed by atoms with Gasteiger partial charge < -0.3 is 20.3 Å². The third kappa shape index (κ3) is 4.05. The molecule has 182 valence electrons. The molecule has 1 aliphatic rings. The first kappa shape index (κ1) is 22.2. The highest BCUT2D eigenvalue weighted by Crippen LogP contribution is 2.31. The van der Waals surface area contributed by atoms with Crippen LogP contribution in [-0.2, 0) is 30.5 Å². The Labute approximate surface area is 209 Å². The van der Waals surface area contributed by atoms with Gasteiger partial charge in [-0.1, -0.05) is 0 Å². The SMILES string of the molecule is Cc1c(NS(C)=O)cncc1-c1cc2cc(Nc3cc4n(n3)Cc3nccn3CC4)ncc2c(N)n1. The Morgan fingerprint density at radius 3 is 2.86 bits per heavy atom. The molecule has 0 amide bonds. The lowest BCUT2D eigenvalue weighted by Crippen LogP contribution is -2.06. The van der Waals surface area contributed by atoms with Crippen molar-refractivity contribution >= 4 is 44.9 Å². The van der Waals surface area contributed by atoms with E-state index in [2.05, 4.69) is 40.6 Å². The van der Waals surface area contributed by atoms with Crippen molar-refractivity contribution in [1.82, 2.24) is 34.3 Å². The van der Waals surface area contributed by atoms with Gasteiger partial charge in [-0.15, -0.1) is 0 Å². The van der Waals surface area contributed by atoms with Crippen molar-refractivity contribution < 1.29 is 4.21 Å². The van der Waals surface area contributed by atoms with Crippen LogP contribution in [0.15, 0.2) is 49.2 Å². The van der Waals surface area contributed by atoms with Gasteiger partial charge in [0.05, 0.1) is 24.1 Å². The highest BCUT2D eigenvalue weighted by molar-refractivity contribution is 7.85. The second-order valence-electron chi connectivity index (χ2n) is 8.69. The monoisotopic (exact) mass is 500 g/mol. The van der Waals surface area contributed by atoms with Crippen LogP contribution in [0.4, 0.5) is 23.1 Å². The Hall–Kier alpha value is -4.32. The molecule has 6 rings (SSSR count). The number of imidazole rings is 1. The van der Waals surface area contributed by atoms with Gasteiger partial charge in [-0.05, 0) is 30.0 Å². The van der Waals surface area contributed by atoms with Crippen molar-refractivity contribution in [3.63, 3.8) is 0 Å². The van der Waals surface area contributed by atoms with Crippen LogP contribution in [-0.4, -0.2) is 44.7 Å². The zero-order chi connectivity index (χ0) is 24.8. The molecule has 0 spiro atoms. The summed E-state index contributed by atoms with van der Waals surface area (Å²) in [6, 6.07) is 5.94. The summed E-state index contributed by atoms with van der Waals surface area (Å²) >= 11 is 0. The summed E-state index contributed by atoms with van der Waals surface area (Å²) in [5.74, 6) is 2.76. The van der Waals surface area contributed by atoms with E-state index in [1.165, 1.54) is 0 Å². The zero-order valence-electron chi connectivity index (χ0n) is 19.8. The average Bonchev–Trinajstić information content (AvgIpc) is 3.41. The van der Waals surface area contributed by atoms with Crippen LogP contribution in [0.5, 0.6) is 0 Å². The fourth-order valence-electron chi connectivity index (χ4n) is 4.47. The van der Waals surface area contributed by atoms with Crippen LogP contribution in [0.3, 0.4) is 0 Å². The van der Waals surface area contributed by atoms with Gasteiger partial charge in [-0.2, -0.15) is 5.10 Å². The molecular formula is C24H24N10OS. The normalized spacial score (nSPS) is 13.6. The first-order chi connectivity index (χ1) is 17.4. The fraction of sp³-hybridized carbons (Fsp3) is 0.208. The molecule has 11 nitrogen and oxygen atoms in total. The lowest BCUT2D eigenvalue weighted by atomic mass is 10.0. The molecule has 12 heteroatoms. The van der Waals surface area contributed by atoms with Crippen LogP contribution in [0.25, 0.3) is 22.0 Å². The minimum atomic E-state index is -1.21. The third-order valence-electron chi connectivity index (χ3n) is 6.31. The molecule has 0 fully saturated rings. The van der Waals surface area contributed by atoms with E-state index in [1.54, 1.807) is 24.8 Å². The lowest BCUT2D eigenvalue weighted by molar-refractivity contribution is 0.641. The molecule has 0 aliphatic carbocycles. The van der Waals surface area contributed by atoms with Crippen LogP contribution in [0, 0.1) is 6.92 Å².